The van der Waals surface area contributed by atoms with Crippen LogP contribution >= 0.6 is 0 Å². The normalized spacial score (nSPS) is 25.2. The molecule has 5 aromatic rings. The summed E-state index contributed by atoms with van der Waals surface area (Å²) in [5.41, 5.74) is 8.06. The van der Waals surface area contributed by atoms with E-state index in [4.69, 9.17) is 0 Å². The van der Waals surface area contributed by atoms with Gasteiger partial charge >= 0.3 is 0 Å². The van der Waals surface area contributed by atoms with Gasteiger partial charge in [0, 0.05) is 16.9 Å². The van der Waals surface area contributed by atoms with E-state index in [1.54, 1.807) is 0 Å². The number of nitrogens with zero attached hydrogens (tertiary/aromatic N) is 1. The number of rotatable bonds is 5. The van der Waals surface area contributed by atoms with E-state index in [1.165, 1.54) is 82.9 Å². The predicted molar refractivity (Wildman–Crippen MR) is 164 cm³/mol. The molecule has 4 aliphatic carbocycles. The molecule has 0 N–H and O–H groups in total. The molecule has 0 spiro atoms. The molecule has 4 fully saturated rings. The van der Waals surface area contributed by atoms with Crippen molar-refractivity contribution in [1.82, 2.24) is 0 Å². The van der Waals surface area contributed by atoms with Crippen molar-refractivity contribution in [3.05, 3.63) is 121 Å². The maximum absolute atomic E-state index is 2.74. The molecule has 0 aromatic heterocycles. The minimum Gasteiger partial charge on any atom is -0.335 e. The third-order valence-electron chi connectivity index (χ3n) is 9.90. The molecule has 0 saturated heterocycles. The summed E-state index contributed by atoms with van der Waals surface area (Å²) >= 11 is 0. The van der Waals surface area contributed by atoms with Crippen LogP contribution in [0.5, 0.6) is 0 Å². The number of hydrogen-bond donors (Lipinski definition) is 0. The molecule has 0 unspecified atom stereocenters. The minimum atomic E-state index is 0.272. The second-order valence-electron chi connectivity index (χ2n) is 12.5. The molecule has 0 heterocycles. The zero-order chi connectivity index (χ0) is 25.8. The molecule has 4 bridgehead atoms. The Hall–Kier alpha value is -3.84. The monoisotopic (exact) mass is 505 g/mol. The number of benzene rings is 5. The lowest BCUT2D eigenvalue weighted by atomic mass is 9.52. The van der Waals surface area contributed by atoms with Crippen molar-refractivity contribution >= 4 is 22.1 Å². The smallest absolute Gasteiger partial charge is 0.0459 e. The van der Waals surface area contributed by atoms with Gasteiger partial charge in [0.05, 0.1) is 0 Å². The van der Waals surface area contributed by atoms with E-state index in [-0.39, 0.29) is 5.54 Å². The molecule has 0 aliphatic heterocycles. The Labute approximate surface area is 232 Å². The lowest BCUT2D eigenvalue weighted by Crippen LogP contribution is -2.58. The van der Waals surface area contributed by atoms with E-state index >= 15 is 0 Å². The zero-order valence-electron chi connectivity index (χ0n) is 22.5. The van der Waals surface area contributed by atoms with E-state index in [1.807, 2.05) is 0 Å². The first-order valence-corrected chi connectivity index (χ1v) is 14.8. The van der Waals surface area contributed by atoms with Gasteiger partial charge in [0.15, 0.2) is 0 Å². The standard InChI is InChI=1S/C38H35N/c1-3-7-30(8-4-1)33-13-11-32-12-14-34(23-35(32)22-33)31-15-17-37(18-16-31)39(36-9-5-2-6-10-36)38-24-27-19-28(25-38)21-29(20-27)26-38/h1-18,22-23,27-29H,19-21,24-26H2. The van der Waals surface area contributed by atoms with Crippen molar-refractivity contribution in [3.63, 3.8) is 0 Å². The van der Waals surface area contributed by atoms with Crippen LogP contribution in [0.25, 0.3) is 33.0 Å². The van der Waals surface area contributed by atoms with Crippen molar-refractivity contribution in [1.29, 1.82) is 0 Å². The molecule has 1 nitrogen and oxygen atoms in total. The fraction of sp³-hybridized carbons (Fsp3) is 0.263. The van der Waals surface area contributed by atoms with E-state index in [2.05, 4.69) is 126 Å². The highest BCUT2D eigenvalue weighted by molar-refractivity contribution is 5.91. The first-order chi connectivity index (χ1) is 19.2. The Bertz CT molecular complexity index is 1580. The first kappa shape index (κ1) is 23.1. The number of anilines is 2. The van der Waals surface area contributed by atoms with Crippen molar-refractivity contribution in [2.24, 2.45) is 17.8 Å². The Morgan fingerprint density at radius 3 is 1.46 bits per heavy atom. The Morgan fingerprint density at radius 1 is 0.436 bits per heavy atom. The third-order valence-corrected chi connectivity index (χ3v) is 9.90. The second kappa shape index (κ2) is 9.12. The maximum atomic E-state index is 2.74. The van der Waals surface area contributed by atoms with Gasteiger partial charge in [-0.2, -0.15) is 0 Å². The second-order valence-corrected chi connectivity index (χ2v) is 12.5. The van der Waals surface area contributed by atoms with Crippen molar-refractivity contribution in [3.8, 4) is 22.3 Å². The maximum Gasteiger partial charge on any atom is 0.0459 e. The van der Waals surface area contributed by atoms with Crippen molar-refractivity contribution < 1.29 is 0 Å². The summed E-state index contributed by atoms with van der Waals surface area (Å²) in [4.78, 5) is 2.74. The van der Waals surface area contributed by atoms with Gasteiger partial charge in [-0.15, -0.1) is 0 Å². The largest absolute Gasteiger partial charge is 0.335 e. The zero-order valence-corrected chi connectivity index (χ0v) is 22.5. The molecular weight excluding hydrogens is 470 g/mol. The minimum absolute atomic E-state index is 0.272. The Morgan fingerprint density at radius 2 is 0.897 bits per heavy atom. The van der Waals surface area contributed by atoms with Crippen LogP contribution in [0.2, 0.25) is 0 Å². The molecule has 9 rings (SSSR count). The average Bonchev–Trinajstić information content (AvgIpc) is 2.97. The Balaban J connectivity index is 1.16. The lowest BCUT2D eigenvalue weighted by molar-refractivity contribution is 0.000557. The molecule has 0 amide bonds. The number of para-hydroxylation sites is 1. The summed E-state index contributed by atoms with van der Waals surface area (Å²) in [6.45, 7) is 0. The molecule has 0 atom stereocenters. The van der Waals surface area contributed by atoms with Crippen LogP contribution in [0.15, 0.2) is 121 Å². The van der Waals surface area contributed by atoms with Crippen LogP contribution in [0.4, 0.5) is 11.4 Å². The molecule has 1 heteroatoms. The van der Waals surface area contributed by atoms with Gasteiger partial charge in [-0.25, -0.2) is 0 Å². The number of fused-ring (bicyclic) bond motifs is 1. The van der Waals surface area contributed by atoms with E-state index in [9.17, 15) is 0 Å². The van der Waals surface area contributed by atoms with Gasteiger partial charge in [0.25, 0.3) is 0 Å². The van der Waals surface area contributed by atoms with E-state index in [0.29, 0.717) is 0 Å². The topological polar surface area (TPSA) is 3.24 Å². The SMILES string of the molecule is c1ccc(-c2ccc3ccc(-c4ccc(N(c5ccccc5)C56CC7CC(CC(C7)C5)C6)cc4)cc3c2)cc1. The summed E-state index contributed by atoms with van der Waals surface area (Å²) in [5, 5.41) is 2.57. The van der Waals surface area contributed by atoms with Crippen LogP contribution in [0, 0.1) is 17.8 Å². The van der Waals surface area contributed by atoms with Crippen LogP contribution in [-0.4, -0.2) is 5.54 Å². The van der Waals surface area contributed by atoms with Gasteiger partial charge in [0.1, 0.15) is 0 Å². The van der Waals surface area contributed by atoms with Crippen LogP contribution in [0.3, 0.4) is 0 Å². The summed E-state index contributed by atoms with van der Waals surface area (Å²) in [6.07, 6.45) is 8.45. The third kappa shape index (κ3) is 4.07. The van der Waals surface area contributed by atoms with Gasteiger partial charge < -0.3 is 4.90 Å². The van der Waals surface area contributed by atoms with E-state index in [0.717, 1.165) is 17.8 Å². The first-order valence-electron chi connectivity index (χ1n) is 14.8. The Kier molecular flexibility index (Phi) is 5.40. The summed E-state index contributed by atoms with van der Waals surface area (Å²) in [6, 6.07) is 45.0. The van der Waals surface area contributed by atoms with Crippen LogP contribution in [-0.2, 0) is 0 Å². The fourth-order valence-corrected chi connectivity index (χ4v) is 8.65. The van der Waals surface area contributed by atoms with Crippen LogP contribution < -0.4 is 4.90 Å². The van der Waals surface area contributed by atoms with Crippen molar-refractivity contribution in [2.75, 3.05) is 4.90 Å². The van der Waals surface area contributed by atoms with Crippen molar-refractivity contribution in [2.45, 2.75) is 44.1 Å². The van der Waals surface area contributed by atoms with Gasteiger partial charge in [0.2, 0.25) is 0 Å². The molecule has 0 radical (unpaired) electrons. The van der Waals surface area contributed by atoms with E-state index < -0.39 is 0 Å². The van der Waals surface area contributed by atoms with Gasteiger partial charge in [-0.05, 0) is 126 Å². The molecule has 5 aromatic carbocycles. The van der Waals surface area contributed by atoms with Crippen LogP contribution in [0.1, 0.15) is 38.5 Å². The lowest BCUT2D eigenvalue weighted by Gasteiger charge is -2.61. The molecule has 39 heavy (non-hydrogen) atoms. The van der Waals surface area contributed by atoms with Gasteiger partial charge in [-0.1, -0.05) is 84.9 Å². The number of hydrogen-bond acceptors (Lipinski definition) is 1. The highest BCUT2D eigenvalue weighted by atomic mass is 15.2. The molecular formula is C38H35N. The quantitative estimate of drug-likeness (QED) is 0.230. The predicted octanol–water partition coefficient (Wildman–Crippen LogP) is 10.3. The summed E-state index contributed by atoms with van der Waals surface area (Å²) in [5.74, 6) is 2.75. The summed E-state index contributed by atoms with van der Waals surface area (Å²) in [7, 11) is 0. The molecule has 4 aliphatic rings. The highest BCUT2D eigenvalue weighted by Gasteiger charge is 2.54. The van der Waals surface area contributed by atoms with Gasteiger partial charge in [-0.3, -0.25) is 0 Å². The molecule has 192 valence electrons. The average molecular weight is 506 g/mol. The molecule has 4 saturated carbocycles. The fourth-order valence-electron chi connectivity index (χ4n) is 8.65. The highest BCUT2D eigenvalue weighted by Crippen LogP contribution is 2.59. The summed E-state index contributed by atoms with van der Waals surface area (Å²) < 4.78 is 0.